The van der Waals surface area contributed by atoms with Gasteiger partial charge in [-0.1, -0.05) is 49.7 Å². The zero-order valence-corrected chi connectivity index (χ0v) is 15.6. The third-order valence-corrected chi connectivity index (χ3v) is 4.06. The molecular formula is C20H22ClNO3. The van der Waals surface area contributed by atoms with Gasteiger partial charge in [-0.15, -0.1) is 0 Å². The molecule has 0 aromatic heterocycles. The summed E-state index contributed by atoms with van der Waals surface area (Å²) in [5.74, 6) is 1.14. The van der Waals surface area contributed by atoms with Crippen molar-refractivity contribution in [2.75, 3.05) is 19.5 Å². The number of anilines is 1. The van der Waals surface area contributed by atoms with E-state index in [0.717, 1.165) is 5.56 Å². The highest BCUT2D eigenvalue weighted by atomic mass is 35.5. The van der Waals surface area contributed by atoms with Crippen LogP contribution in [0.15, 0.2) is 42.5 Å². The molecule has 0 unspecified atom stereocenters. The molecule has 2 aromatic rings. The van der Waals surface area contributed by atoms with E-state index in [1.807, 2.05) is 12.1 Å². The number of hydrogen-bond acceptors (Lipinski definition) is 3. The van der Waals surface area contributed by atoms with Crippen molar-refractivity contribution in [1.82, 2.24) is 0 Å². The predicted octanol–water partition coefficient (Wildman–Crippen LogP) is 5.13. The number of carbonyl (C=O) groups is 1. The fourth-order valence-electron chi connectivity index (χ4n) is 2.30. The minimum absolute atomic E-state index is 0.268. The van der Waals surface area contributed by atoms with Gasteiger partial charge < -0.3 is 14.8 Å². The normalized spacial score (nSPS) is 11.0. The molecule has 0 atom stereocenters. The van der Waals surface area contributed by atoms with Gasteiger partial charge in [0, 0.05) is 18.2 Å². The maximum atomic E-state index is 12.2. The van der Waals surface area contributed by atoms with Gasteiger partial charge in [-0.25, -0.2) is 0 Å². The average Bonchev–Trinajstić information content (AvgIpc) is 2.61. The fourth-order valence-corrected chi connectivity index (χ4v) is 2.53. The third-order valence-electron chi connectivity index (χ3n) is 3.76. The standard InChI is InChI=1S/C20H22ClNO3/c1-13(2)15-8-5-14(6-9-15)7-10-20(23)22-17-12-18(24-3)16(21)11-19(17)25-4/h5-13H,1-4H3,(H,22,23)/b10-7-. The molecule has 0 heterocycles. The van der Waals surface area contributed by atoms with E-state index >= 15 is 0 Å². The Kier molecular flexibility index (Phi) is 6.48. The molecule has 0 spiro atoms. The van der Waals surface area contributed by atoms with E-state index < -0.39 is 0 Å². The van der Waals surface area contributed by atoms with Crippen molar-refractivity contribution in [2.45, 2.75) is 19.8 Å². The Bertz CT molecular complexity index is 767. The first-order chi connectivity index (χ1) is 11.9. The summed E-state index contributed by atoms with van der Waals surface area (Å²) in [6.07, 6.45) is 3.24. The summed E-state index contributed by atoms with van der Waals surface area (Å²) in [7, 11) is 3.03. The van der Waals surface area contributed by atoms with Gasteiger partial charge in [-0.2, -0.15) is 0 Å². The number of amides is 1. The lowest BCUT2D eigenvalue weighted by Gasteiger charge is -2.12. The lowest BCUT2D eigenvalue weighted by molar-refractivity contribution is -0.111. The van der Waals surface area contributed by atoms with Gasteiger partial charge in [0.1, 0.15) is 11.5 Å². The van der Waals surface area contributed by atoms with E-state index in [0.29, 0.717) is 28.1 Å². The van der Waals surface area contributed by atoms with Crippen molar-refractivity contribution in [1.29, 1.82) is 0 Å². The summed E-state index contributed by atoms with van der Waals surface area (Å²) in [5.41, 5.74) is 2.72. The predicted molar refractivity (Wildman–Crippen MR) is 103 cm³/mol. The second-order valence-corrected chi connectivity index (χ2v) is 6.24. The monoisotopic (exact) mass is 359 g/mol. The zero-order valence-electron chi connectivity index (χ0n) is 14.8. The molecular weight excluding hydrogens is 338 g/mol. The molecule has 132 valence electrons. The average molecular weight is 360 g/mol. The van der Waals surface area contributed by atoms with Crippen LogP contribution < -0.4 is 14.8 Å². The molecule has 0 radical (unpaired) electrons. The Balaban J connectivity index is 2.11. The first-order valence-corrected chi connectivity index (χ1v) is 8.33. The molecule has 2 aromatic carbocycles. The van der Waals surface area contributed by atoms with Gasteiger partial charge in [0.25, 0.3) is 0 Å². The molecule has 0 aliphatic heterocycles. The first kappa shape index (κ1) is 18.9. The second-order valence-electron chi connectivity index (χ2n) is 5.83. The topological polar surface area (TPSA) is 47.6 Å². The van der Waals surface area contributed by atoms with Gasteiger partial charge in [0.15, 0.2) is 0 Å². The van der Waals surface area contributed by atoms with Crippen LogP contribution in [-0.2, 0) is 4.79 Å². The van der Waals surface area contributed by atoms with Gasteiger partial charge in [-0.3, -0.25) is 4.79 Å². The number of nitrogens with one attached hydrogen (secondary N) is 1. The van der Waals surface area contributed by atoms with E-state index in [1.54, 1.807) is 18.2 Å². The number of rotatable bonds is 6. The Morgan fingerprint density at radius 1 is 1.08 bits per heavy atom. The zero-order chi connectivity index (χ0) is 18.4. The number of halogens is 1. The van der Waals surface area contributed by atoms with Crippen LogP contribution in [0.1, 0.15) is 30.9 Å². The van der Waals surface area contributed by atoms with Crippen molar-refractivity contribution in [2.24, 2.45) is 0 Å². The number of ether oxygens (including phenoxy) is 2. The number of methoxy groups -OCH3 is 2. The maximum absolute atomic E-state index is 12.2. The van der Waals surface area contributed by atoms with Crippen LogP contribution in [0.3, 0.4) is 0 Å². The molecule has 1 N–H and O–H groups in total. The molecule has 4 nitrogen and oxygen atoms in total. The quantitative estimate of drug-likeness (QED) is 0.727. The fraction of sp³-hybridized carbons (Fsp3) is 0.250. The smallest absolute Gasteiger partial charge is 0.248 e. The van der Waals surface area contributed by atoms with E-state index in [1.165, 1.54) is 25.9 Å². The molecule has 0 aliphatic carbocycles. The van der Waals surface area contributed by atoms with E-state index in [9.17, 15) is 4.79 Å². The van der Waals surface area contributed by atoms with Crippen LogP contribution in [0, 0.1) is 0 Å². The molecule has 0 saturated carbocycles. The highest BCUT2D eigenvalue weighted by molar-refractivity contribution is 6.32. The van der Waals surface area contributed by atoms with Crippen LogP contribution in [0.5, 0.6) is 11.5 Å². The summed E-state index contributed by atoms with van der Waals surface area (Å²) in [6, 6.07) is 11.3. The van der Waals surface area contributed by atoms with Gasteiger partial charge in [0.05, 0.1) is 24.9 Å². The van der Waals surface area contributed by atoms with Crippen LogP contribution in [-0.4, -0.2) is 20.1 Å². The van der Waals surface area contributed by atoms with Crippen LogP contribution in [0.4, 0.5) is 5.69 Å². The summed E-state index contributed by atoms with van der Waals surface area (Å²) < 4.78 is 10.4. The van der Waals surface area contributed by atoms with E-state index in [-0.39, 0.29) is 5.91 Å². The van der Waals surface area contributed by atoms with Crippen LogP contribution >= 0.6 is 11.6 Å². The van der Waals surface area contributed by atoms with Crippen molar-refractivity contribution in [3.05, 3.63) is 58.6 Å². The molecule has 5 heteroatoms. The summed E-state index contributed by atoms with van der Waals surface area (Å²) in [6.45, 7) is 4.29. The van der Waals surface area contributed by atoms with Crippen LogP contribution in [0.2, 0.25) is 5.02 Å². The first-order valence-electron chi connectivity index (χ1n) is 7.95. The van der Waals surface area contributed by atoms with Crippen molar-refractivity contribution in [3.8, 4) is 11.5 Å². The SMILES string of the molecule is COc1cc(NC(=O)/C=C\c2ccc(C(C)C)cc2)c(OC)cc1Cl. The van der Waals surface area contributed by atoms with Gasteiger partial charge in [0.2, 0.25) is 5.91 Å². The Morgan fingerprint density at radius 2 is 1.72 bits per heavy atom. The lowest BCUT2D eigenvalue weighted by Crippen LogP contribution is -2.09. The van der Waals surface area contributed by atoms with Crippen molar-refractivity contribution >= 4 is 29.3 Å². The van der Waals surface area contributed by atoms with Gasteiger partial charge in [-0.05, 0) is 23.1 Å². The van der Waals surface area contributed by atoms with Crippen molar-refractivity contribution in [3.63, 3.8) is 0 Å². The van der Waals surface area contributed by atoms with E-state index in [4.69, 9.17) is 21.1 Å². The highest BCUT2D eigenvalue weighted by Gasteiger charge is 2.11. The largest absolute Gasteiger partial charge is 0.495 e. The molecule has 25 heavy (non-hydrogen) atoms. The Hall–Kier alpha value is -2.46. The maximum Gasteiger partial charge on any atom is 0.248 e. The number of carbonyl (C=O) groups excluding carboxylic acids is 1. The number of benzene rings is 2. The summed E-state index contributed by atoms with van der Waals surface area (Å²) in [4.78, 5) is 12.2. The lowest BCUT2D eigenvalue weighted by atomic mass is 10.0. The molecule has 2 rings (SSSR count). The minimum atomic E-state index is -0.268. The van der Waals surface area contributed by atoms with Crippen molar-refractivity contribution < 1.29 is 14.3 Å². The molecule has 0 fully saturated rings. The highest BCUT2D eigenvalue weighted by Crippen LogP contribution is 2.35. The second kappa shape index (κ2) is 8.58. The third kappa shape index (κ3) is 5.00. The summed E-state index contributed by atoms with van der Waals surface area (Å²) in [5, 5.41) is 3.19. The Morgan fingerprint density at radius 3 is 2.28 bits per heavy atom. The minimum Gasteiger partial charge on any atom is -0.495 e. The molecule has 0 bridgehead atoms. The van der Waals surface area contributed by atoms with Gasteiger partial charge >= 0.3 is 0 Å². The molecule has 1 amide bonds. The summed E-state index contributed by atoms with van der Waals surface area (Å²) >= 11 is 6.06. The molecule has 0 saturated heterocycles. The Labute approximate surface area is 153 Å². The molecule has 0 aliphatic rings. The van der Waals surface area contributed by atoms with E-state index in [2.05, 4.69) is 31.3 Å². The van der Waals surface area contributed by atoms with Crippen LogP contribution in [0.25, 0.3) is 6.08 Å². The number of hydrogen-bond donors (Lipinski definition) is 1.